The first-order chi connectivity index (χ1) is 10.6. The van der Waals surface area contributed by atoms with Crippen molar-refractivity contribution in [3.63, 3.8) is 0 Å². The highest BCUT2D eigenvalue weighted by Gasteiger charge is 2.18. The van der Waals surface area contributed by atoms with Gasteiger partial charge in [0.15, 0.2) is 11.0 Å². The van der Waals surface area contributed by atoms with E-state index >= 15 is 0 Å². The van der Waals surface area contributed by atoms with Crippen LogP contribution in [-0.2, 0) is 16.6 Å². The maximum absolute atomic E-state index is 12.0. The van der Waals surface area contributed by atoms with Crippen LogP contribution in [0.2, 0.25) is 0 Å². The maximum atomic E-state index is 12.0. The van der Waals surface area contributed by atoms with Crippen molar-refractivity contribution in [2.75, 3.05) is 20.3 Å². The lowest BCUT2D eigenvalue weighted by Crippen LogP contribution is -2.33. The van der Waals surface area contributed by atoms with Crippen molar-refractivity contribution in [3.8, 4) is 11.4 Å². The molecule has 1 heterocycles. The van der Waals surface area contributed by atoms with Crippen LogP contribution < -0.4 is 5.32 Å². The minimum atomic E-state index is -0.247. The van der Waals surface area contributed by atoms with Gasteiger partial charge in [-0.3, -0.25) is 4.79 Å². The third kappa shape index (κ3) is 4.08. The summed E-state index contributed by atoms with van der Waals surface area (Å²) < 4.78 is 6.82. The predicted octanol–water partition coefficient (Wildman–Crippen LogP) is 1.73. The number of benzene rings is 1. The van der Waals surface area contributed by atoms with E-state index in [1.807, 2.05) is 48.9 Å². The van der Waals surface area contributed by atoms with Gasteiger partial charge >= 0.3 is 0 Å². The van der Waals surface area contributed by atoms with Gasteiger partial charge in [0, 0.05) is 26.3 Å². The van der Waals surface area contributed by atoms with E-state index in [9.17, 15) is 4.79 Å². The van der Waals surface area contributed by atoms with E-state index in [-0.39, 0.29) is 11.2 Å². The molecule has 2 rings (SSSR count). The fourth-order valence-corrected chi connectivity index (χ4v) is 2.73. The Morgan fingerprint density at radius 1 is 1.36 bits per heavy atom. The van der Waals surface area contributed by atoms with Crippen molar-refractivity contribution in [3.05, 3.63) is 30.3 Å². The summed E-state index contributed by atoms with van der Waals surface area (Å²) in [6.45, 7) is 2.86. The number of ether oxygens (including phenoxy) is 1. The number of carbonyl (C=O) groups excluding carboxylic acids is 1. The number of amides is 1. The van der Waals surface area contributed by atoms with Gasteiger partial charge in [0.25, 0.3) is 0 Å². The summed E-state index contributed by atoms with van der Waals surface area (Å²) in [5.41, 5.74) is 1.00. The molecule has 0 saturated carbocycles. The molecule has 1 aromatic carbocycles. The molecule has 22 heavy (non-hydrogen) atoms. The van der Waals surface area contributed by atoms with E-state index in [0.29, 0.717) is 18.3 Å². The molecule has 0 bridgehead atoms. The molecular formula is C15H20N4O2S. The van der Waals surface area contributed by atoms with Crippen LogP contribution in [0.3, 0.4) is 0 Å². The molecule has 0 aliphatic heterocycles. The lowest BCUT2D eigenvalue weighted by Gasteiger charge is -2.11. The highest BCUT2D eigenvalue weighted by Crippen LogP contribution is 2.25. The molecule has 0 aliphatic rings. The monoisotopic (exact) mass is 320 g/mol. The number of methoxy groups -OCH3 is 1. The lowest BCUT2D eigenvalue weighted by atomic mass is 10.2. The van der Waals surface area contributed by atoms with E-state index < -0.39 is 0 Å². The number of carbonyl (C=O) groups is 1. The van der Waals surface area contributed by atoms with Gasteiger partial charge in [0.2, 0.25) is 5.91 Å². The van der Waals surface area contributed by atoms with Crippen LogP contribution in [0.15, 0.2) is 35.5 Å². The fraction of sp³-hybridized carbons (Fsp3) is 0.400. The SMILES string of the molecule is COCCNC(=O)[C@@H](C)Sc1nnc(-c2ccccc2)n1C. The first-order valence-electron chi connectivity index (χ1n) is 7.01. The van der Waals surface area contributed by atoms with E-state index in [0.717, 1.165) is 11.4 Å². The smallest absolute Gasteiger partial charge is 0.233 e. The number of nitrogens with zero attached hydrogens (tertiary/aromatic N) is 3. The van der Waals surface area contributed by atoms with Crippen molar-refractivity contribution < 1.29 is 9.53 Å². The second-order valence-corrected chi connectivity index (χ2v) is 6.08. The molecule has 118 valence electrons. The van der Waals surface area contributed by atoms with Gasteiger partial charge in [-0.15, -0.1) is 10.2 Å². The average Bonchev–Trinajstić information content (AvgIpc) is 2.89. The van der Waals surface area contributed by atoms with Crippen molar-refractivity contribution in [1.29, 1.82) is 0 Å². The Kier molecular flexibility index (Phi) is 5.97. The zero-order chi connectivity index (χ0) is 15.9. The van der Waals surface area contributed by atoms with Crippen LogP contribution >= 0.6 is 11.8 Å². The summed E-state index contributed by atoms with van der Waals surface area (Å²) in [6.07, 6.45) is 0. The Morgan fingerprint density at radius 2 is 2.09 bits per heavy atom. The second kappa shape index (κ2) is 7.95. The molecule has 1 amide bonds. The van der Waals surface area contributed by atoms with Gasteiger partial charge < -0.3 is 14.6 Å². The van der Waals surface area contributed by atoms with Gasteiger partial charge in [-0.05, 0) is 6.92 Å². The standard InChI is InChI=1S/C15H20N4O2S/c1-11(14(20)16-9-10-21-3)22-15-18-17-13(19(15)2)12-7-5-4-6-8-12/h4-8,11H,9-10H2,1-3H3,(H,16,20)/t11-/m1/s1. The van der Waals surface area contributed by atoms with Gasteiger partial charge in [0.1, 0.15) is 0 Å². The van der Waals surface area contributed by atoms with Crippen molar-refractivity contribution in [2.45, 2.75) is 17.3 Å². The van der Waals surface area contributed by atoms with Gasteiger partial charge in [0.05, 0.1) is 11.9 Å². The van der Waals surface area contributed by atoms with Crippen molar-refractivity contribution >= 4 is 17.7 Å². The summed E-state index contributed by atoms with van der Waals surface area (Å²) >= 11 is 1.39. The summed E-state index contributed by atoms with van der Waals surface area (Å²) in [4.78, 5) is 12.0. The number of nitrogens with one attached hydrogen (secondary N) is 1. The summed E-state index contributed by atoms with van der Waals surface area (Å²) in [6, 6.07) is 9.85. The Hall–Kier alpha value is -1.86. The zero-order valence-electron chi connectivity index (χ0n) is 12.9. The van der Waals surface area contributed by atoms with Crippen LogP contribution in [0.5, 0.6) is 0 Å². The molecule has 2 aromatic rings. The Balaban J connectivity index is 2.02. The first kappa shape index (κ1) is 16.5. The van der Waals surface area contributed by atoms with E-state index in [1.165, 1.54) is 11.8 Å². The van der Waals surface area contributed by atoms with Gasteiger partial charge in [-0.2, -0.15) is 0 Å². The van der Waals surface area contributed by atoms with E-state index in [2.05, 4.69) is 15.5 Å². The van der Waals surface area contributed by atoms with E-state index in [1.54, 1.807) is 7.11 Å². The molecule has 0 fully saturated rings. The molecule has 1 N–H and O–H groups in total. The molecule has 7 heteroatoms. The highest BCUT2D eigenvalue weighted by molar-refractivity contribution is 8.00. The fourth-order valence-electron chi connectivity index (χ4n) is 1.89. The highest BCUT2D eigenvalue weighted by atomic mass is 32.2. The van der Waals surface area contributed by atoms with Crippen LogP contribution in [0.1, 0.15) is 6.92 Å². The Morgan fingerprint density at radius 3 is 2.77 bits per heavy atom. The molecule has 1 atom stereocenters. The number of rotatable bonds is 7. The quantitative estimate of drug-likeness (QED) is 0.621. The van der Waals surface area contributed by atoms with Crippen LogP contribution in [0.4, 0.5) is 0 Å². The molecule has 0 radical (unpaired) electrons. The number of thioether (sulfide) groups is 1. The molecule has 1 aromatic heterocycles. The first-order valence-corrected chi connectivity index (χ1v) is 7.89. The molecule has 0 unspecified atom stereocenters. The number of hydrogen-bond acceptors (Lipinski definition) is 5. The van der Waals surface area contributed by atoms with Crippen LogP contribution in [0.25, 0.3) is 11.4 Å². The predicted molar refractivity (Wildman–Crippen MR) is 86.6 cm³/mol. The zero-order valence-corrected chi connectivity index (χ0v) is 13.8. The largest absolute Gasteiger partial charge is 0.383 e. The van der Waals surface area contributed by atoms with Crippen molar-refractivity contribution in [1.82, 2.24) is 20.1 Å². The summed E-state index contributed by atoms with van der Waals surface area (Å²) in [5.74, 6) is 0.751. The van der Waals surface area contributed by atoms with Gasteiger partial charge in [-0.25, -0.2) is 0 Å². The Bertz CT molecular complexity index is 615. The number of aromatic nitrogens is 3. The minimum Gasteiger partial charge on any atom is -0.383 e. The van der Waals surface area contributed by atoms with Gasteiger partial charge in [-0.1, -0.05) is 42.1 Å². The third-order valence-electron chi connectivity index (χ3n) is 3.12. The molecule has 6 nitrogen and oxygen atoms in total. The molecule has 0 aliphatic carbocycles. The third-order valence-corrected chi connectivity index (χ3v) is 4.26. The molecule has 0 saturated heterocycles. The topological polar surface area (TPSA) is 69.0 Å². The lowest BCUT2D eigenvalue weighted by molar-refractivity contribution is -0.120. The Labute approximate surface area is 134 Å². The van der Waals surface area contributed by atoms with Crippen molar-refractivity contribution in [2.24, 2.45) is 7.05 Å². The molecule has 0 spiro atoms. The summed E-state index contributed by atoms with van der Waals surface area (Å²) in [7, 11) is 3.51. The van der Waals surface area contributed by atoms with Crippen LogP contribution in [-0.4, -0.2) is 46.2 Å². The second-order valence-electron chi connectivity index (χ2n) is 4.78. The van der Waals surface area contributed by atoms with E-state index in [4.69, 9.17) is 4.74 Å². The normalized spacial score (nSPS) is 12.1. The number of hydrogen-bond donors (Lipinski definition) is 1. The minimum absolute atomic E-state index is 0.0358. The van der Waals surface area contributed by atoms with Crippen LogP contribution in [0, 0.1) is 0 Å². The maximum Gasteiger partial charge on any atom is 0.233 e. The summed E-state index contributed by atoms with van der Waals surface area (Å²) in [5, 5.41) is 11.7. The molecular weight excluding hydrogens is 300 g/mol. The average molecular weight is 320 g/mol.